The Morgan fingerprint density at radius 3 is 2.38 bits per heavy atom. The number of carbonyl (C=O) groups excluding carboxylic acids is 1. The Kier molecular flexibility index (Phi) is 6.26. The molecule has 0 saturated heterocycles. The predicted octanol–water partition coefficient (Wildman–Crippen LogP) is 5.08. The maximum Gasteiger partial charge on any atom is 0.261 e. The van der Waals surface area contributed by atoms with Crippen LogP contribution in [0.3, 0.4) is 0 Å². The number of fused-ring (bicyclic) bond motifs is 1. The number of anilines is 2. The van der Waals surface area contributed by atoms with Gasteiger partial charge in [-0.1, -0.05) is 6.42 Å². The average Bonchev–Trinajstić information content (AvgIpc) is 2.93. The highest BCUT2D eigenvalue weighted by Gasteiger charge is 2.21. The van der Waals surface area contributed by atoms with E-state index in [1.807, 2.05) is 0 Å². The monoisotopic (exact) mass is 469 g/mol. The van der Waals surface area contributed by atoms with Crippen LogP contribution >= 0.6 is 11.3 Å². The normalized spacial score (nSPS) is 13.5. The molecule has 3 aromatic rings. The zero-order valence-corrected chi connectivity index (χ0v) is 18.7. The summed E-state index contributed by atoms with van der Waals surface area (Å²) in [5.41, 5.74) is 2.20. The van der Waals surface area contributed by atoms with E-state index >= 15 is 0 Å². The quantitative estimate of drug-likeness (QED) is 0.509. The minimum absolute atomic E-state index is 0.0674. The third-order valence-electron chi connectivity index (χ3n) is 5.28. The van der Waals surface area contributed by atoms with E-state index in [2.05, 4.69) is 16.1 Å². The highest BCUT2D eigenvalue weighted by molar-refractivity contribution is 7.92. The fourth-order valence-electron chi connectivity index (χ4n) is 3.64. The number of halogens is 1. The zero-order chi connectivity index (χ0) is 22.7. The number of hydrogen-bond donors (Lipinski definition) is 2. The topological polar surface area (TPSA) is 99.1 Å². The van der Waals surface area contributed by atoms with Crippen LogP contribution in [0.4, 0.5) is 15.1 Å². The number of nitriles is 1. The van der Waals surface area contributed by atoms with Gasteiger partial charge in [0.05, 0.1) is 10.5 Å². The van der Waals surface area contributed by atoms with Gasteiger partial charge in [0.1, 0.15) is 16.9 Å². The number of rotatable bonds is 5. The van der Waals surface area contributed by atoms with Crippen LogP contribution in [0.15, 0.2) is 53.4 Å². The molecule has 1 aliphatic rings. The summed E-state index contributed by atoms with van der Waals surface area (Å²) in [6, 6.07) is 12.7. The molecule has 0 aliphatic heterocycles. The van der Waals surface area contributed by atoms with Crippen LogP contribution in [0.2, 0.25) is 0 Å². The molecular formula is C23H20FN3O3S2. The van der Waals surface area contributed by atoms with Crippen molar-refractivity contribution in [2.24, 2.45) is 0 Å². The molecule has 1 aliphatic carbocycles. The molecule has 1 heterocycles. The Balaban J connectivity index is 1.48. The number of aryl methyl sites for hydroxylation is 1. The molecule has 9 heteroatoms. The summed E-state index contributed by atoms with van der Waals surface area (Å²) in [7, 11) is -3.88. The molecule has 1 aromatic heterocycles. The fraction of sp³-hybridized carbons (Fsp3) is 0.217. The molecule has 2 N–H and O–H groups in total. The lowest BCUT2D eigenvalue weighted by Gasteiger charge is -2.09. The molecule has 6 nitrogen and oxygen atoms in total. The van der Waals surface area contributed by atoms with Gasteiger partial charge in [0.15, 0.2) is 0 Å². The summed E-state index contributed by atoms with van der Waals surface area (Å²) in [6.07, 6.45) is 5.05. The molecule has 32 heavy (non-hydrogen) atoms. The molecule has 164 valence electrons. The van der Waals surface area contributed by atoms with E-state index in [1.54, 1.807) is 0 Å². The van der Waals surface area contributed by atoms with Crippen molar-refractivity contribution in [3.8, 4) is 6.07 Å². The van der Waals surface area contributed by atoms with Gasteiger partial charge in [0.2, 0.25) is 0 Å². The standard InChI is InChI=1S/C23H20FN3O3S2/c24-16-8-12-18(13-9-16)32(29,30)27-17-10-6-15(7-11-17)22(28)26-23-20(14-25)19-4-2-1-3-5-21(19)31-23/h6-13,27H,1-5H2,(H,26,28). The van der Waals surface area contributed by atoms with Crippen molar-refractivity contribution in [3.63, 3.8) is 0 Å². The number of nitrogens with one attached hydrogen (secondary N) is 2. The van der Waals surface area contributed by atoms with E-state index in [0.29, 0.717) is 16.1 Å². The largest absolute Gasteiger partial charge is 0.312 e. The molecule has 0 bridgehead atoms. The van der Waals surface area contributed by atoms with Crippen molar-refractivity contribution in [2.75, 3.05) is 10.0 Å². The molecule has 0 unspecified atom stereocenters. The van der Waals surface area contributed by atoms with Crippen molar-refractivity contribution in [2.45, 2.75) is 37.0 Å². The van der Waals surface area contributed by atoms with E-state index in [9.17, 15) is 22.9 Å². The minimum Gasteiger partial charge on any atom is -0.312 e. The Labute approximate surface area is 189 Å². The fourth-order valence-corrected chi connectivity index (χ4v) is 5.94. The van der Waals surface area contributed by atoms with E-state index < -0.39 is 15.8 Å². The second kappa shape index (κ2) is 9.10. The first-order valence-electron chi connectivity index (χ1n) is 10.1. The lowest BCUT2D eigenvalue weighted by atomic mass is 10.1. The van der Waals surface area contributed by atoms with Gasteiger partial charge >= 0.3 is 0 Å². The van der Waals surface area contributed by atoms with Crippen LogP contribution in [0.1, 0.15) is 45.6 Å². The molecule has 0 saturated carbocycles. The highest BCUT2D eigenvalue weighted by atomic mass is 32.2. The smallest absolute Gasteiger partial charge is 0.261 e. The van der Waals surface area contributed by atoms with E-state index in [0.717, 1.165) is 49.8 Å². The zero-order valence-electron chi connectivity index (χ0n) is 17.0. The number of hydrogen-bond acceptors (Lipinski definition) is 5. The van der Waals surface area contributed by atoms with Crippen LogP contribution in [-0.2, 0) is 22.9 Å². The molecule has 0 atom stereocenters. The van der Waals surface area contributed by atoms with E-state index in [4.69, 9.17) is 0 Å². The van der Waals surface area contributed by atoms with Gasteiger partial charge in [0, 0.05) is 16.1 Å². The SMILES string of the molecule is N#Cc1c(NC(=O)c2ccc(NS(=O)(=O)c3ccc(F)cc3)cc2)sc2c1CCCCC2. The van der Waals surface area contributed by atoms with Gasteiger partial charge in [-0.15, -0.1) is 11.3 Å². The van der Waals surface area contributed by atoms with Gasteiger partial charge in [-0.05, 0) is 79.8 Å². The Morgan fingerprint density at radius 2 is 1.69 bits per heavy atom. The molecular weight excluding hydrogens is 449 g/mol. The van der Waals surface area contributed by atoms with Crippen molar-refractivity contribution >= 4 is 38.0 Å². The van der Waals surface area contributed by atoms with Gasteiger partial charge in [-0.2, -0.15) is 5.26 Å². The van der Waals surface area contributed by atoms with Crippen LogP contribution < -0.4 is 10.0 Å². The second-order valence-electron chi connectivity index (χ2n) is 7.47. The first-order valence-corrected chi connectivity index (χ1v) is 12.4. The summed E-state index contributed by atoms with van der Waals surface area (Å²) in [6.45, 7) is 0. The van der Waals surface area contributed by atoms with Crippen LogP contribution in [0.5, 0.6) is 0 Å². The van der Waals surface area contributed by atoms with Crippen LogP contribution in [0.25, 0.3) is 0 Å². The van der Waals surface area contributed by atoms with E-state index in [-0.39, 0.29) is 16.5 Å². The number of amides is 1. The van der Waals surface area contributed by atoms with Crippen molar-refractivity contribution in [1.82, 2.24) is 0 Å². The van der Waals surface area contributed by atoms with Crippen molar-refractivity contribution in [3.05, 3.63) is 75.9 Å². The molecule has 4 rings (SSSR count). The average molecular weight is 470 g/mol. The third-order valence-corrected chi connectivity index (χ3v) is 7.89. The number of thiophene rings is 1. The maximum atomic E-state index is 13.0. The van der Waals surface area contributed by atoms with Crippen LogP contribution in [-0.4, -0.2) is 14.3 Å². The maximum absolute atomic E-state index is 13.0. The Bertz CT molecular complexity index is 1290. The van der Waals surface area contributed by atoms with Gasteiger partial charge in [0.25, 0.3) is 15.9 Å². The van der Waals surface area contributed by atoms with Crippen molar-refractivity contribution in [1.29, 1.82) is 5.26 Å². The van der Waals surface area contributed by atoms with Gasteiger partial charge in [-0.3, -0.25) is 9.52 Å². The van der Waals surface area contributed by atoms with Crippen LogP contribution in [0, 0.1) is 17.1 Å². The molecule has 0 radical (unpaired) electrons. The number of nitrogens with zero attached hydrogens (tertiary/aromatic N) is 1. The highest BCUT2D eigenvalue weighted by Crippen LogP contribution is 2.37. The number of benzene rings is 2. The second-order valence-corrected chi connectivity index (χ2v) is 10.3. The predicted molar refractivity (Wildman–Crippen MR) is 122 cm³/mol. The van der Waals surface area contributed by atoms with Gasteiger partial charge in [-0.25, -0.2) is 12.8 Å². The summed E-state index contributed by atoms with van der Waals surface area (Å²) < 4.78 is 40.3. The first-order chi connectivity index (χ1) is 15.4. The molecule has 2 aromatic carbocycles. The van der Waals surface area contributed by atoms with Gasteiger partial charge < -0.3 is 5.32 Å². The van der Waals surface area contributed by atoms with E-state index in [1.165, 1.54) is 52.6 Å². The number of carbonyl (C=O) groups is 1. The lowest BCUT2D eigenvalue weighted by Crippen LogP contribution is -2.14. The number of sulfonamides is 1. The Morgan fingerprint density at radius 1 is 1.00 bits per heavy atom. The summed E-state index contributed by atoms with van der Waals surface area (Å²) in [5.74, 6) is -0.896. The molecule has 0 fully saturated rings. The molecule has 1 amide bonds. The Hall–Kier alpha value is -3.22. The third kappa shape index (κ3) is 4.66. The first kappa shape index (κ1) is 22.0. The summed E-state index contributed by atoms with van der Waals surface area (Å²) in [5, 5.41) is 13.0. The summed E-state index contributed by atoms with van der Waals surface area (Å²) in [4.78, 5) is 13.8. The molecule has 0 spiro atoms. The van der Waals surface area contributed by atoms with Crippen molar-refractivity contribution < 1.29 is 17.6 Å². The lowest BCUT2D eigenvalue weighted by molar-refractivity contribution is 0.102. The minimum atomic E-state index is -3.88. The summed E-state index contributed by atoms with van der Waals surface area (Å²) >= 11 is 1.46.